The first-order chi connectivity index (χ1) is 11.7. The molecule has 1 N–H and O–H groups in total. The maximum absolute atomic E-state index is 6.07. The van der Waals surface area contributed by atoms with Crippen LogP contribution >= 0.6 is 22.9 Å². The molecule has 0 amide bonds. The summed E-state index contributed by atoms with van der Waals surface area (Å²) in [6.45, 7) is 2.07. The molecular formula is C17H14ClN5S. The van der Waals surface area contributed by atoms with Crippen molar-refractivity contribution in [1.82, 2.24) is 19.8 Å². The Morgan fingerprint density at radius 3 is 2.88 bits per heavy atom. The molecule has 0 spiro atoms. The van der Waals surface area contributed by atoms with E-state index in [2.05, 4.69) is 27.5 Å². The molecule has 0 saturated carbocycles. The minimum Gasteiger partial charge on any atom is -0.362 e. The number of hydrogen-bond acceptors (Lipinski definition) is 5. The van der Waals surface area contributed by atoms with Crippen molar-refractivity contribution < 1.29 is 0 Å². The lowest BCUT2D eigenvalue weighted by Crippen LogP contribution is -2.09. The number of anilines is 1. The van der Waals surface area contributed by atoms with E-state index in [0.29, 0.717) is 0 Å². The topological polar surface area (TPSA) is 55.1 Å². The summed E-state index contributed by atoms with van der Waals surface area (Å²) in [6, 6.07) is 13.7. The molecule has 0 aliphatic rings. The molecule has 1 unspecified atom stereocenters. The quantitative estimate of drug-likeness (QED) is 0.577. The molecule has 120 valence electrons. The van der Waals surface area contributed by atoms with Crippen LogP contribution in [0.25, 0.3) is 17.0 Å². The van der Waals surface area contributed by atoms with Gasteiger partial charge < -0.3 is 5.32 Å². The zero-order chi connectivity index (χ0) is 16.5. The standard InChI is InChI=1S/C17H14ClN5S/c1-11(12-3-2-4-14(18)9-12)19-15-5-6-16-20-21-17(23(16)22-15)13-7-8-24-10-13/h2-11H,1H3,(H,19,22). The summed E-state index contributed by atoms with van der Waals surface area (Å²) < 4.78 is 1.76. The Morgan fingerprint density at radius 2 is 2.08 bits per heavy atom. The summed E-state index contributed by atoms with van der Waals surface area (Å²) >= 11 is 7.69. The van der Waals surface area contributed by atoms with Gasteiger partial charge in [0, 0.05) is 16.0 Å². The van der Waals surface area contributed by atoms with E-state index in [9.17, 15) is 0 Å². The molecule has 1 atom stereocenters. The number of thiophene rings is 1. The van der Waals surface area contributed by atoms with Crippen LogP contribution < -0.4 is 5.32 Å². The third-order valence-electron chi connectivity index (χ3n) is 3.76. The highest BCUT2D eigenvalue weighted by Crippen LogP contribution is 2.23. The molecule has 0 aliphatic carbocycles. The summed E-state index contributed by atoms with van der Waals surface area (Å²) in [7, 11) is 0. The van der Waals surface area contributed by atoms with E-state index in [1.807, 2.05) is 53.2 Å². The fourth-order valence-corrected chi connectivity index (χ4v) is 3.35. The van der Waals surface area contributed by atoms with Gasteiger partial charge in [-0.3, -0.25) is 0 Å². The Balaban J connectivity index is 1.66. The molecule has 4 aromatic rings. The van der Waals surface area contributed by atoms with Crippen LogP contribution in [0.3, 0.4) is 0 Å². The Kier molecular flexibility index (Phi) is 3.92. The van der Waals surface area contributed by atoms with Gasteiger partial charge in [-0.05, 0) is 48.2 Å². The third kappa shape index (κ3) is 2.86. The largest absolute Gasteiger partial charge is 0.362 e. The van der Waals surface area contributed by atoms with Gasteiger partial charge in [0.1, 0.15) is 5.82 Å². The Bertz CT molecular complexity index is 980. The number of rotatable bonds is 4. The van der Waals surface area contributed by atoms with Crippen LogP contribution in [-0.2, 0) is 0 Å². The molecular weight excluding hydrogens is 342 g/mol. The number of benzene rings is 1. The second-order valence-corrected chi connectivity index (χ2v) is 6.66. The maximum atomic E-state index is 6.07. The van der Waals surface area contributed by atoms with Crippen molar-refractivity contribution in [3.05, 3.63) is 63.8 Å². The normalized spacial score (nSPS) is 12.4. The minimum absolute atomic E-state index is 0.0785. The average molecular weight is 356 g/mol. The first kappa shape index (κ1) is 15.1. The molecule has 24 heavy (non-hydrogen) atoms. The van der Waals surface area contributed by atoms with Gasteiger partial charge in [-0.25, -0.2) is 0 Å². The first-order valence-electron chi connectivity index (χ1n) is 7.48. The Labute approximate surface area is 147 Å². The van der Waals surface area contributed by atoms with Crippen molar-refractivity contribution in [3.63, 3.8) is 0 Å². The fraction of sp³-hybridized carbons (Fsp3) is 0.118. The van der Waals surface area contributed by atoms with Gasteiger partial charge in [0.15, 0.2) is 11.5 Å². The molecule has 3 aromatic heterocycles. The predicted molar refractivity (Wildman–Crippen MR) is 97.6 cm³/mol. The van der Waals surface area contributed by atoms with Crippen LogP contribution in [0.2, 0.25) is 5.02 Å². The Hall–Kier alpha value is -2.44. The van der Waals surface area contributed by atoms with E-state index in [1.165, 1.54) is 0 Å². The van der Waals surface area contributed by atoms with Crippen molar-refractivity contribution in [3.8, 4) is 11.4 Å². The van der Waals surface area contributed by atoms with E-state index in [1.54, 1.807) is 15.9 Å². The van der Waals surface area contributed by atoms with Gasteiger partial charge in [0.2, 0.25) is 0 Å². The van der Waals surface area contributed by atoms with Crippen molar-refractivity contribution in [2.45, 2.75) is 13.0 Å². The molecule has 0 saturated heterocycles. The van der Waals surface area contributed by atoms with E-state index < -0.39 is 0 Å². The summed E-state index contributed by atoms with van der Waals surface area (Å²) in [5, 5.41) is 21.2. The molecule has 0 fully saturated rings. The summed E-state index contributed by atoms with van der Waals surface area (Å²) in [5.74, 6) is 1.50. The maximum Gasteiger partial charge on any atom is 0.186 e. The highest BCUT2D eigenvalue weighted by atomic mass is 35.5. The molecule has 0 aliphatic heterocycles. The lowest BCUT2D eigenvalue weighted by molar-refractivity contribution is 0.847. The molecule has 3 heterocycles. The monoisotopic (exact) mass is 355 g/mol. The highest BCUT2D eigenvalue weighted by molar-refractivity contribution is 7.08. The van der Waals surface area contributed by atoms with E-state index >= 15 is 0 Å². The van der Waals surface area contributed by atoms with Crippen molar-refractivity contribution in [2.75, 3.05) is 5.32 Å². The van der Waals surface area contributed by atoms with E-state index in [-0.39, 0.29) is 6.04 Å². The second kappa shape index (κ2) is 6.22. The van der Waals surface area contributed by atoms with Crippen molar-refractivity contribution in [1.29, 1.82) is 0 Å². The van der Waals surface area contributed by atoms with Crippen molar-refractivity contribution >= 4 is 34.4 Å². The SMILES string of the molecule is CC(Nc1ccc2nnc(-c3ccsc3)n2n1)c1cccc(Cl)c1. The van der Waals surface area contributed by atoms with E-state index in [0.717, 1.165) is 33.4 Å². The lowest BCUT2D eigenvalue weighted by atomic mass is 10.1. The first-order valence-corrected chi connectivity index (χ1v) is 8.80. The molecule has 5 nitrogen and oxygen atoms in total. The molecule has 1 aromatic carbocycles. The van der Waals surface area contributed by atoms with Crippen LogP contribution in [0.15, 0.2) is 53.2 Å². The summed E-state index contributed by atoms with van der Waals surface area (Å²) in [6.07, 6.45) is 0. The molecule has 4 rings (SSSR count). The van der Waals surface area contributed by atoms with Gasteiger partial charge in [0.05, 0.1) is 6.04 Å². The zero-order valence-corrected chi connectivity index (χ0v) is 14.4. The molecule has 0 radical (unpaired) electrons. The van der Waals surface area contributed by atoms with Gasteiger partial charge in [0.25, 0.3) is 0 Å². The third-order valence-corrected chi connectivity index (χ3v) is 4.67. The van der Waals surface area contributed by atoms with Gasteiger partial charge in [-0.2, -0.15) is 15.9 Å². The molecule has 7 heteroatoms. The predicted octanol–water partition coefficient (Wildman–Crippen LogP) is 4.68. The Morgan fingerprint density at radius 1 is 1.17 bits per heavy atom. The number of nitrogens with zero attached hydrogens (tertiary/aromatic N) is 4. The van der Waals surface area contributed by atoms with Gasteiger partial charge in [-0.1, -0.05) is 23.7 Å². The number of halogens is 1. The van der Waals surface area contributed by atoms with Crippen LogP contribution in [0.1, 0.15) is 18.5 Å². The average Bonchev–Trinajstić information content (AvgIpc) is 3.23. The highest BCUT2D eigenvalue weighted by Gasteiger charge is 2.12. The smallest absolute Gasteiger partial charge is 0.186 e. The number of aromatic nitrogens is 4. The fourth-order valence-electron chi connectivity index (χ4n) is 2.52. The van der Waals surface area contributed by atoms with Crippen LogP contribution in [-0.4, -0.2) is 19.8 Å². The summed E-state index contributed by atoms with van der Waals surface area (Å²) in [5.41, 5.74) is 2.84. The number of fused-ring (bicyclic) bond motifs is 1. The van der Waals surface area contributed by atoms with Gasteiger partial charge >= 0.3 is 0 Å². The zero-order valence-electron chi connectivity index (χ0n) is 12.8. The lowest BCUT2D eigenvalue weighted by Gasteiger charge is -2.15. The number of nitrogens with one attached hydrogen (secondary N) is 1. The van der Waals surface area contributed by atoms with Gasteiger partial charge in [-0.15, -0.1) is 15.3 Å². The van der Waals surface area contributed by atoms with Crippen LogP contribution in [0, 0.1) is 0 Å². The number of hydrogen-bond donors (Lipinski definition) is 1. The summed E-state index contributed by atoms with van der Waals surface area (Å²) in [4.78, 5) is 0. The molecule has 0 bridgehead atoms. The second-order valence-electron chi connectivity index (χ2n) is 5.45. The minimum atomic E-state index is 0.0785. The van der Waals surface area contributed by atoms with E-state index in [4.69, 9.17) is 11.6 Å². The van der Waals surface area contributed by atoms with Crippen molar-refractivity contribution in [2.24, 2.45) is 0 Å². The van der Waals surface area contributed by atoms with Crippen LogP contribution in [0.4, 0.5) is 5.82 Å². The van der Waals surface area contributed by atoms with Crippen LogP contribution in [0.5, 0.6) is 0 Å².